The van der Waals surface area contributed by atoms with E-state index in [0.29, 0.717) is 6.61 Å². The van der Waals surface area contributed by atoms with Crippen molar-refractivity contribution in [3.8, 4) is 5.75 Å². The first-order valence-electron chi connectivity index (χ1n) is 9.42. The number of anilines is 1. The Kier molecular flexibility index (Phi) is 7.81. The van der Waals surface area contributed by atoms with Crippen molar-refractivity contribution in [1.29, 1.82) is 0 Å². The van der Waals surface area contributed by atoms with Crippen molar-refractivity contribution in [3.05, 3.63) is 65.2 Å². The van der Waals surface area contributed by atoms with Gasteiger partial charge in [-0.2, -0.15) is 0 Å². The highest BCUT2D eigenvalue weighted by Crippen LogP contribution is 2.19. The van der Waals surface area contributed by atoms with Crippen LogP contribution < -0.4 is 10.1 Å². The predicted octanol–water partition coefficient (Wildman–Crippen LogP) is 4.20. The molecule has 0 aliphatic heterocycles. The lowest BCUT2D eigenvalue weighted by Gasteiger charge is -2.16. The zero-order valence-corrected chi connectivity index (χ0v) is 17.0. The monoisotopic (exact) mass is 380 g/mol. The number of benzene rings is 2. The Morgan fingerprint density at radius 3 is 2.32 bits per heavy atom. The summed E-state index contributed by atoms with van der Waals surface area (Å²) in [7, 11) is 1.61. The van der Waals surface area contributed by atoms with Crippen LogP contribution in [0.2, 0.25) is 0 Å². The summed E-state index contributed by atoms with van der Waals surface area (Å²) < 4.78 is 5.54. The van der Waals surface area contributed by atoms with Crippen LogP contribution >= 0.6 is 0 Å². The van der Waals surface area contributed by atoms with Gasteiger partial charge in [0, 0.05) is 18.8 Å². The van der Waals surface area contributed by atoms with Crippen molar-refractivity contribution in [2.75, 3.05) is 25.5 Å². The van der Waals surface area contributed by atoms with Crippen LogP contribution in [-0.4, -0.2) is 36.9 Å². The molecule has 2 amide bonds. The van der Waals surface area contributed by atoms with Crippen LogP contribution in [0.25, 0.3) is 6.08 Å². The van der Waals surface area contributed by atoms with Crippen LogP contribution in [0.4, 0.5) is 5.69 Å². The molecule has 0 aliphatic rings. The minimum Gasteiger partial charge on any atom is -0.494 e. The van der Waals surface area contributed by atoms with Gasteiger partial charge in [-0.15, -0.1) is 0 Å². The number of hydrogen-bond acceptors (Lipinski definition) is 3. The summed E-state index contributed by atoms with van der Waals surface area (Å²) in [4.78, 5) is 26.0. The molecule has 0 unspecified atom stereocenters. The molecule has 0 heterocycles. The zero-order valence-electron chi connectivity index (χ0n) is 17.0. The van der Waals surface area contributed by atoms with Gasteiger partial charge >= 0.3 is 0 Å². The molecule has 148 valence electrons. The van der Waals surface area contributed by atoms with E-state index in [1.165, 1.54) is 11.0 Å². The van der Waals surface area contributed by atoms with Crippen LogP contribution in [0.1, 0.15) is 30.0 Å². The average Bonchev–Trinajstić information content (AvgIpc) is 2.68. The van der Waals surface area contributed by atoms with Gasteiger partial charge in [-0.25, -0.2) is 0 Å². The largest absolute Gasteiger partial charge is 0.494 e. The molecule has 1 N–H and O–H groups in total. The second-order valence-electron chi connectivity index (χ2n) is 6.76. The average molecular weight is 380 g/mol. The number of ether oxygens (including phenoxy) is 1. The highest BCUT2D eigenvalue weighted by atomic mass is 16.5. The minimum atomic E-state index is -0.233. The molecule has 5 heteroatoms. The normalized spacial score (nSPS) is 10.7. The van der Waals surface area contributed by atoms with Crippen molar-refractivity contribution in [3.63, 3.8) is 0 Å². The SMILES string of the molecule is CCCOc1ccc(/C=C/C(=O)N(C)CC(=O)Nc2c(C)cccc2C)cc1. The minimum absolute atomic E-state index is 0.0132. The molecular weight excluding hydrogens is 352 g/mol. The maximum absolute atomic E-state index is 12.3. The third-order valence-electron chi connectivity index (χ3n) is 4.27. The molecule has 0 spiro atoms. The number of aryl methyl sites for hydroxylation is 2. The zero-order chi connectivity index (χ0) is 20.5. The molecule has 0 saturated heterocycles. The van der Waals surface area contributed by atoms with E-state index in [1.807, 2.05) is 56.3 Å². The highest BCUT2D eigenvalue weighted by molar-refractivity contribution is 5.98. The van der Waals surface area contributed by atoms with E-state index in [-0.39, 0.29) is 18.4 Å². The van der Waals surface area contributed by atoms with Crippen LogP contribution in [0.3, 0.4) is 0 Å². The van der Waals surface area contributed by atoms with E-state index in [9.17, 15) is 9.59 Å². The molecule has 5 nitrogen and oxygen atoms in total. The van der Waals surface area contributed by atoms with Gasteiger partial charge in [-0.1, -0.05) is 37.3 Å². The fourth-order valence-corrected chi connectivity index (χ4v) is 2.67. The summed E-state index contributed by atoms with van der Waals surface area (Å²) in [6.07, 6.45) is 4.15. The van der Waals surface area contributed by atoms with Crippen LogP contribution in [0.15, 0.2) is 48.5 Å². The molecule has 2 rings (SSSR count). The van der Waals surface area contributed by atoms with Gasteiger partial charge in [0.05, 0.1) is 13.2 Å². The second-order valence-corrected chi connectivity index (χ2v) is 6.76. The Bertz CT molecular complexity index is 821. The molecule has 0 aromatic heterocycles. The van der Waals surface area contributed by atoms with Gasteiger partial charge in [0.25, 0.3) is 0 Å². The first kappa shape index (κ1) is 21.2. The molecule has 2 aromatic carbocycles. The van der Waals surface area contributed by atoms with Crippen molar-refractivity contribution >= 4 is 23.6 Å². The smallest absolute Gasteiger partial charge is 0.246 e. The molecular formula is C23H28N2O3. The third-order valence-corrected chi connectivity index (χ3v) is 4.27. The molecule has 0 fully saturated rings. The lowest BCUT2D eigenvalue weighted by Crippen LogP contribution is -2.34. The van der Waals surface area contributed by atoms with Crippen LogP contribution in [-0.2, 0) is 9.59 Å². The van der Waals surface area contributed by atoms with E-state index < -0.39 is 0 Å². The number of para-hydroxylation sites is 1. The van der Waals surface area contributed by atoms with Crippen LogP contribution in [0.5, 0.6) is 5.75 Å². The number of carbonyl (C=O) groups is 2. The molecule has 0 atom stereocenters. The lowest BCUT2D eigenvalue weighted by molar-refractivity contribution is -0.129. The summed E-state index contributed by atoms with van der Waals surface area (Å²) >= 11 is 0. The topological polar surface area (TPSA) is 58.6 Å². The van der Waals surface area contributed by atoms with Gasteiger partial charge in [0.15, 0.2) is 0 Å². The van der Waals surface area contributed by atoms with Crippen molar-refractivity contribution in [1.82, 2.24) is 4.90 Å². The van der Waals surface area contributed by atoms with Gasteiger partial charge in [-0.3, -0.25) is 9.59 Å². The van der Waals surface area contributed by atoms with E-state index >= 15 is 0 Å². The lowest BCUT2D eigenvalue weighted by atomic mass is 10.1. The molecule has 0 bridgehead atoms. The second kappa shape index (κ2) is 10.3. The Balaban J connectivity index is 1.89. The number of nitrogens with zero attached hydrogens (tertiary/aromatic N) is 1. The van der Waals surface area contributed by atoms with Crippen molar-refractivity contribution in [2.24, 2.45) is 0 Å². The summed E-state index contributed by atoms with van der Waals surface area (Å²) in [6, 6.07) is 13.4. The van der Waals surface area contributed by atoms with Gasteiger partial charge < -0.3 is 15.0 Å². The van der Waals surface area contributed by atoms with Gasteiger partial charge in [-0.05, 0) is 55.2 Å². The summed E-state index contributed by atoms with van der Waals surface area (Å²) in [6.45, 7) is 6.61. The maximum Gasteiger partial charge on any atom is 0.246 e. The Labute approximate surface area is 167 Å². The molecule has 2 aromatic rings. The summed E-state index contributed by atoms with van der Waals surface area (Å²) in [5, 5.41) is 2.89. The fraction of sp³-hybridized carbons (Fsp3) is 0.304. The Morgan fingerprint density at radius 1 is 1.07 bits per heavy atom. The molecule has 28 heavy (non-hydrogen) atoms. The quantitative estimate of drug-likeness (QED) is 0.698. The number of carbonyl (C=O) groups excluding carboxylic acids is 2. The fourth-order valence-electron chi connectivity index (χ4n) is 2.67. The van der Waals surface area contributed by atoms with Crippen molar-refractivity contribution < 1.29 is 14.3 Å². The third kappa shape index (κ3) is 6.27. The summed E-state index contributed by atoms with van der Waals surface area (Å²) in [5.41, 5.74) is 3.68. The number of rotatable bonds is 8. The van der Waals surface area contributed by atoms with Crippen LogP contribution in [0, 0.1) is 13.8 Å². The Hall–Kier alpha value is -3.08. The highest BCUT2D eigenvalue weighted by Gasteiger charge is 2.12. The first-order chi connectivity index (χ1) is 13.4. The molecule has 0 saturated carbocycles. The number of hydrogen-bond donors (Lipinski definition) is 1. The van der Waals surface area contributed by atoms with Gasteiger partial charge in [0.2, 0.25) is 11.8 Å². The summed E-state index contributed by atoms with van der Waals surface area (Å²) in [5.74, 6) is 0.354. The van der Waals surface area contributed by atoms with E-state index in [1.54, 1.807) is 13.1 Å². The van der Waals surface area contributed by atoms with E-state index in [0.717, 1.165) is 34.5 Å². The predicted molar refractivity (Wildman–Crippen MR) is 113 cm³/mol. The van der Waals surface area contributed by atoms with E-state index in [2.05, 4.69) is 12.2 Å². The number of likely N-dealkylation sites (N-methyl/N-ethyl adjacent to an activating group) is 1. The standard InChI is InChI=1S/C23H28N2O3/c1-5-15-28-20-12-9-19(10-13-20)11-14-22(27)25(4)16-21(26)24-23-17(2)7-6-8-18(23)3/h6-14H,5,15-16H2,1-4H3,(H,24,26)/b14-11+. The Morgan fingerprint density at radius 2 is 1.71 bits per heavy atom. The van der Waals surface area contributed by atoms with E-state index in [4.69, 9.17) is 4.74 Å². The number of amides is 2. The first-order valence-corrected chi connectivity index (χ1v) is 9.42. The van der Waals surface area contributed by atoms with Gasteiger partial charge in [0.1, 0.15) is 5.75 Å². The number of nitrogens with one attached hydrogen (secondary N) is 1. The molecule has 0 radical (unpaired) electrons. The maximum atomic E-state index is 12.3. The molecule has 0 aliphatic carbocycles. The van der Waals surface area contributed by atoms with Crippen molar-refractivity contribution in [2.45, 2.75) is 27.2 Å².